The fraction of sp³-hybridized carbons (Fsp3) is 0.167. The molecule has 0 amide bonds. The Kier molecular flexibility index (Phi) is 3.63. The molecule has 0 aliphatic carbocycles. The number of benzene rings is 2. The molecule has 25 heavy (non-hydrogen) atoms. The van der Waals surface area contributed by atoms with Crippen molar-refractivity contribution >= 4 is 26.8 Å². The first-order chi connectivity index (χ1) is 12.0. The number of hydrogen-bond donors (Lipinski definition) is 1. The molecule has 1 N–H and O–H groups in total. The molecule has 0 spiro atoms. The SMILES string of the molecule is COc1ccccc1C1c2ccc3cccnc3c2NS(=O)(=O)N1C. The van der Waals surface area contributed by atoms with Crippen molar-refractivity contribution in [2.24, 2.45) is 0 Å². The summed E-state index contributed by atoms with van der Waals surface area (Å²) in [7, 11) is -0.560. The minimum absolute atomic E-state index is 0.496. The average Bonchev–Trinajstić information content (AvgIpc) is 2.63. The normalized spacial score (nSPS) is 19.2. The number of rotatable bonds is 2. The van der Waals surface area contributed by atoms with E-state index in [0.29, 0.717) is 17.0 Å². The lowest BCUT2D eigenvalue weighted by Crippen LogP contribution is -2.40. The number of ether oxygens (including phenoxy) is 1. The lowest BCUT2D eigenvalue weighted by Gasteiger charge is -2.35. The van der Waals surface area contributed by atoms with Crippen LogP contribution in [-0.2, 0) is 10.2 Å². The van der Waals surface area contributed by atoms with Crippen LogP contribution in [-0.4, -0.2) is 31.9 Å². The molecule has 0 bridgehead atoms. The van der Waals surface area contributed by atoms with Crippen molar-refractivity contribution in [2.45, 2.75) is 6.04 Å². The van der Waals surface area contributed by atoms with Gasteiger partial charge >= 0.3 is 10.2 Å². The van der Waals surface area contributed by atoms with Crippen LogP contribution in [0.5, 0.6) is 5.75 Å². The maximum Gasteiger partial charge on any atom is 0.302 e. The fourth-order valence-electron chi connectivity index (χ4n) is 3.29. The highest BCUT2D eigenvalue weighted by Gasteiger charge is 2.38. The Hall–Kier alpha value is -2.64. The van der Waals surface area contributed by atoms with E-state index in [1.807, 2.05) is 48.5 Å². The van der Waals surface area contributed by atoms with E-state index in [1.54, 1.807) is 20.4 Å². The number of nitrogens with one attached hydrogen (secondary N) is 1. The molecule has 1 aliphatic rings. The Morgan fingerprint density at radius 1 is 1.08 bits per heavy atom. The molecule has 1 aromatic heterocycles. The third kappa shape index (κ3) is 2.43. The first kappa shape index (κ1) is 15.9. The van der Waals surface area contributed by atoms with Crippen molar-refractivity contribution < 1.29 is 13.2 Å². The van der Waals surface area contributed by atoms with Crippen LogP contribution in [0.2, 0.25) is 0 Å². The van der Waals surface area contributed by atoms with Gasteiger partial charge in [-0.15, -0.1) is 0 Å². The molecule has 7 heteroatoms. The maximum absolute atomic E-state index is 12.7. The van der Waals surface area contributed by atoms with Crippen LogP contribution in [0.4, 0.5) is 5.69 Å². The number of nitrogens with zero attached hydrogens (tertiary/aromatic N) is 2. The van der Waals surface area contributed by atoms with Crippen LogP contribution < -0.4 is 9.46 Å². The molecule has 128 valence electrons. The molecule has 0 saturated carbocycles. The third-order valence-corrected chi connectivity index (χ3v) is 5.94. The van der Waals surface area contributed by atoms with Crippen LogP contribution in [0.15, 0.2) is 54.7 Å². The predicted molar refractivity (Wildman–Crippen MR) is 96.9 cm³/mol. The van der Waals surface area contributed by atoms with Crippen LogP contribution >= 0.6 is 0 Å². The first-order valence-electron chi connectivity index (χ1n) is 7.79. The van der Waals surface area contributed by atoms with E-state index in [4.69, 9.17) is 4.74 Å². The third-order valence-electron chi connectivity index (χ3n) is 4.51. The van der Waals surface area contributed by atoms with Gasteiger partial charge in [0.15, 0.2) is 0 Å². The van der Waals surface area contributed by atoms with Crippen LogP contribution in [0.1, 0.15) is 17.2 Å². The second kappa shape index (κ2) is 5.72. The van der Waals surface area contributed by atoms with Gasteiger partial charge in [0.1, 0.15) is 5.75 Å². The average molecular weight is 355 g/mol. The van der Waals surface area contributed by atoms with Gasteiger partial charge in [0.2, 0.25) is 0 Å². The monoisotopic (exact) mass is 355 g/mol. The van der Waals surface area contributed by atoms with E-state index in [2.05, 4.69) is 9.71 Å². The number of fused-ring (bicyclic) bond motifs is 3. The van der Waals surface area contributed by atoms with Gasteiger partial charge in [0.25, 0.3) is 0 Å². The molecular formula is C18H17N3O3S. The van der Waals surface area contributed by atoms with Crippen LogP contribution in [0.25, 0.3) is 10.9 Å². The largest absolute Gasteiger partial charge is 0.496 e. The van der Waals surface area contributed by atoms with E-state index in [0.717, 1.165) is 16.5 Å². The van der Waals surface area contributed by atoms with E-state index in [-0.39, 0.29) is 0 Å². The van der Waals surface area contributed by atoms with Crippen molar-refractivity contribution in [3.05, 3.63) is 65.9 Å². The Labute approximate surface area is 146 Å². The standard InChI is InChI=1S/C18H17N3O3S/c1-21-18(13-7-3-4-8-15(13)24-2)14-10-9-12-6-5-11-19-16(12)17(14)20-25(21,22)23/h3-11,18,20H,1-2H3. The molecule has 3 aromatic rings. The van der Waals surface area contributed by atoms with Crippen LogP contribution in [0.3, 0.4) is 0 Å². The summed E-state index contributed by atoms with van der Waals surface area (Å²) in [5.74, 6) is 0.642. The summed E-state index contributed by atoms with van der Waals surface area (Å²) in [6.07, 6.45) is 1.66. The summed E-state index contributed by atoms with van der Waals surface area (Å²) >= 11 is 0. The van der Waals surface area contributed by atoms with E-state index >= 15 is 0 Å². The molecule has 0 radical (unpaired) electrons. The van der Waals surface area contributed by atoms with Gasteiger partial charge in [-0.25, -0.2) is 0 Å². The number of aromatic nitrogens is 1. The van der Waals surface area contributed by atoms with E-state index < -0.39 is 16.3 Å². The number of para-hydroxylation sites is 1. The Balaban J connectivity index is 2.04. The summed E-state index contributed by atoms with van der Waals surface area (Å²) in [4.78, 5) is 4.38. The molecule has 4 rings (SSSR count). The molecule has 6 nitrogen and oxygen atoms in total. The summed E-state index contributed by atoms with van der Waals surface area (Å²) in [6.45, 7) is 0. The van der Waals surface area contributed by atoms with E-state index in [1.165, 1.54) is 4.31 Å². The van der Waals surface area contributed by atoms with Gasteiger partial charge in [0, 0.05) is 29.8 Å². The van der Waals surface area contributed by atoms with Crippen molar-refractivity contribution in [2.75, 3.05) is 18.9 Å². The minimum atomic E-state index is -3.70. The predicted octanol–water partition coefficient (Wildman–Crippen LogP) is 2.93. The van der Waals surface area contributed by atoms with Crippen molar-refractivity contribution in [3.8, 4) is 5.75 Å². The Bertz CT molecular complexity index is 1070. The quantitative estimate of drug-likeness (QED) is 0.767. The molecule has 1 aliphatic heterocycles. The second-order valence-electron chi connectivity index (χ2n) is 5.87. The minimum Gasteiger partial charge on any atom is -0.496 e. The van der Waals surface area contributed by atoms with Gasteiger partial charge < -0.3 is 4.74 Å². The Morgan fingerprint density at radius 3 is 2.68 bits per heavy atom. The molecule has 1 unspecified atom stereocenters. The summed E-state index contributed by atoms with van der Waals surface area (Å²) < 4.78 is 34.9. The second-order valence-corrected chi connectivity index (χ2v) is 7.60. The molecule has 0 saturated heterocycles. The summed E-state index contributed by atoms with van der Waals surface area (Å²) in [5.41, 5.74) is 2.78. The van der Waals surface area contributed by atoms with Crippen molar-refractivity contribution in [1.82, 2.24) is 9.29 Å². The highest BCUT2D eigenvalue weighted by molar-refractivity contribution is 7.90. The summed E-state index contributed by atoms with van der Waals surface area (Å²) in [5, 5.41) is 0.882. The van der Waals surface area contributed by atoms with Gasteiger partial charge in [0.05, 0.1) is 24.4 Å². The van der Waals surface area contributed by atoms with Crippen molar-refractivity contribution in [1.29, 1.82) is 0 Å². The van der Waals surface area contributed by atoms with Gasteiger partial charge in [-0.3, -0.25) is 9.71 Å². The molecule has 0 fully saturated rings. The molecule has 2 aromatic carbocycles. The maximum atomic E-state index is 12.7. The highest BCUT2D eigenvalue weighted by atomic mass is 32.2. The number of hydrogen-bond acceptors (Lipinski definition) is 4. The smallest absolute Gasteiger partial charge is 0.302 e. The Morgan fingerprint density at radius 2 is 1.88 bits per heavy atom. The van der Waals surface area contributed by atoms with E-state index in [9.17, 15) is 8.42 Å². The van der Waals surface area contributed by atoms with Gasteiger partial charge in [-0.05, 0) is 12.1 Å². The number of anilines is 1. The zero-order valence-electron chi connectivity index (χ0n) is 13.8. The first-order valence-corrected chi connectivity index (χ1v) is 9.23. The summed E-state index contributed by atoms with van der Waals surface area (Å²) in [6, 6.07) is 14.6. The lowest BCUT2D eigenvalue weighted by molar-refractivity contribution is 0.378. The molecular weight excluding hydrogens is 338 g/mol. The number of pyridine rings is 1. The van der Waals surface area contributed by atoms with Crippen molar-refractivity contribution in [3.63, 3.8) is 0 Å². The zero-order valence-corrected chi connectivity index (χ0v) is 14.6. The topological polar surface area (TPSA) is 71.5 Å². The molecule has 2 heterocycles. The fourth-order valence-corrected chi connectivity index (χ4v) is 4.41. The molecule has 1 atom stereocenters. The highest BCUT2D eigenvalue weighted by Crippen LogP contribution is 2.44. The van der Waals surface area contributed by atoms with Crippen LogP contribution in [0, 0.1) is 0 Å². The van der Waals surface area contributed by atoms with Gasteiger partial charge in [-0.2, -0.15) is 12.7 Å². The number of methoxy groups -OCH3 is 1. The zero-order chi connectivity index (χ0) is 17.6. The van der Waals surface area contributed by atoms with Gasteiger partial charge in [-0.1, -0.05) is 36.4 Å². The lowest BCUT2D eigenvalue weighted by atomic mass is 9.95.